The zero-order valence-corrected chi connectivity index (χ0v) is 15.9. The van der Waals surface area contributed by atoms with E-state index in [2.05, 4.69) is 5.32 Å². The first-order valence-corrected chi connectivity index (χ1v) is 9.40. The third-order valence-corrected chi connectivity index (χ3v) is 6.54. The number of carbonyl (C=O) groups is 3. The van der Waals surface area contributed by atoms with Crippen molar-refractivity contribution in [2.24, 2.45) is 11.8 Å². The molecule has 6 heteroatoms. The van der Waals surface area contributed by atoms with E-state index in [1.165, 1.54) is 4.90 Å². The maximum absolute atomic E-state index is 13.3. The molecule has 0 saturated carbocycles. The van der Waals surface area contributed by atoms with E-state index in [1.807, 2.05) is 52.1 Å². The van der Waals surface area contributed by atoms with Crippen LogP contribution in [0.5, 0.6) is 0 Å². The van der Waals surface area contributed by atoms with E-state index in [4.69, 9.17) is 0 Å². The molecule has 0 aromatic heterocycles. The van der Waals surface area contributed by atoms with E-state index < -0.39 is 17.4 Å². The molecule has 138 valence electrons. The molecule has 1 aromatic rings. The highest BCUT2D eigenvalue weighted by molar-refractivity contribution is 6.14. The van der Waals surface area contributed by atoms with Crippen LogP contribution in [0.25, 0.3) is 0 Å². The molecule has 0 bridgehead atoms. The molecule has 3 N–H and O–H groups in total. The molecule has 0 radical (unpaired) electrons. The molecule has 2 fully saturated rings. The van der Waals surface area contributed by atoms with Gasteiger partial charge in [-0.15, -0.1) is 0 Å². The summed E-state index contributed by atoms with van der Waals surface area (Å²) in [6, 6.07) is 3.76. The van der Waals surface area contributed by atoms with Crippen molar-refractivity contribution in [2.75, 3.05) is 5.32 Å². The molecule has 1 aromatic carbocycles. The zero-order chi connectivity index (χ0) is 19.0. The van der Waals surface area contributed by atoms with E-state index in [0.717, 1.165) is 22.4 Å². The highest BCUT2D eigenvalue weighted by Gasteiger charge is 2.73. The highest BCUT2D eigenvalue weighted by Crippen LogP contribution is 2.50. The number of rotatable bonds is 2. The Kier molecular flexibility index (Phi) is 3.57. The van der Waals surface area contributed by atoms with Crippen LogP contribution in [-0.2, 0) is 19.9 Å². The number of fused-ring (bicyclic) bond motifs is 4. The Labute approximate surface area is 153 Å². The van der Waals surface area contributed by atoms with Crippen LogP contribution >= 0.6 is 0 Å². The predicted molar refractivity (Wildman–Crippen MR) is 96.2 cm³/mol. The number of nitrogens with zero attached hydrogens (tertiary/aromatic N) is 1. The lowest BCUT2D eigenvalue weighted by molar-refractivity contribution is -0.730. The summed E-state index contributed by atoms with van der Waals surface area (Å²) in [5, 5.41) is 4.95. The largest absolute Gasteiger partial charge is 0.326 e. The van der Waals surface area contributed by atoms with E-state index in [1.54, 1.807) is 0 Å². The van der Waals surface area contributed by atoms with Gasteiger partial charge in [-0.3, -0.25) is 19.3 Å². The maximum Gasteiger partial charge on any atom is 0.291 e. The summed E-state index contributed by atoms with van der Waals surface area (Å²) < 4.78 is 0. The Morgan fingerprint density at radius 1 is 1.23 bits per heavy atom. The minimum Gasteiger partial charge on any atom is -0.326 e. The van der Waals surface area contributed by atoms with Crippen molar-refractivity contribution < 1.29 is 19.7 Å². The van der Waals surface area contributed by atoms with E-state index in [0.29, 0.717) is 6.42 Å². The third-order valence-electron chi connectivity index (χ3n) is 6.54. The number of aryl methyl sites for hydroxylation is 2. The van der Waals surface area contributed by atoms with Gasteiger partial charge in [-0.05, 0) is 45.7 Å². The molecule has 3 amide bonds. The third kappa shape index (κ3) is 1.88. The monoisotopic (exact) mass is 356 g/mol. The number of imide groups is 1. The van der Waals surface area contributed by atoms with Gasteiger partial charge in [0.15, 0.2) is 0 Å². The molecule has 0 aliphatic carbocycles. The summed E-state index contributed by atoms with van der Waals surface area (Å²) in [5.74, 6) is -1.58. The number of amides is 3. The topological polar surface area (TPSA) is 83.1 Å². The van der Waals surface area contributed by atoms with Crippen LogP contribution in [0.4, 0.5) is 5.69 Å². The van der Waals surface area contributed by atoms with Crippen LogP contribution in [0.1, 0.15) is 43.9 Å². The van der Waals surface area contributed by atoms with Crippen LogP contribution < -0.4 is 10.6 Å². The van der Waals surface area contributed by atoms with E-state index in [9.17, 15) is 14.4 Å². The molecular formula is C20H26N3O3+. The molecular weight excluding hydrogens is 330 g/mol. The van der Waals surface area contributed by atoms with Crippen LogP contribution in [0.2, 0.25) is 0 Å². The summed E-state index contributed by atoms with van der Waals surface area (Å²) in [6.07, 6.45) is 0.711. The average Bonchev–Trinajstić information content (AvgIpc) is 3.13. The summed E-state index contributed by atoms with van der Waals surface area (Å²) in [5.41, 5.74) is 2.66. The van der Waals surface area contributed by atoms with Gasteiger partial charge in [0.25, 0.3) is 5.91 Å². The normalized spacial score (nSPS) is 33.7. The molecule has 3 aliphatic rings. The molecule has 6 nitrogen and oxygen atoms in total. The fourth-order valence-electron chi connectivity index (χ4n) is 5.23. The van der Waals surface area contributed by atoms with Gasteiger partial charge >= 0.3 is 0 Å². The van der Waals surface area contributed by atoms with Gasteiger partial charge in [0, 0.05) is 11.6 Å². The van der Waals surface area contributed by atoms with Crippen LogP contribution in [0.15, 0.2) is 12.1 Å². The summed E-state index contributed by atoms with van der Waals surface area (Å²) >= 11 is 0. The van der Waals surface area contributed by atoms with Gasteiger partial charge in [0.2, 0.25) is 17.4 Å². The molecule has 0 unspecified atom stereocenters. The van der Waals surface area contributed by atoms with E-state index >= 15 is 0 Å². The van der Waals surface area contributed by atoms with Crippen molar-refractivity contribution in [1.29, 1.82) is 0 Å². The standard InChI is InChI=1S/C20H25N3O3/c1-6-11(4)23-17(24)14-12(5)22-20(15(14)18(23)25)13-8-9(2)7-10(3)16(13)21-19(20)26/h7-8,11-12,14-15,22H,6H2,1-5H3,(H,21,26)/p+1/t11-,12+,14-,15+,20-/m1/s1. The summed E-state index contributed by atoms with van der Waals surface area (Å²) in [6.45, 7) is 9.77. The minimum atomic E-state index is -1.04. The van der Waals surface area contributed by atoms with Gasteiger partial charge in [0.05, 0.1) is 11.7 Å². The Balaban J connectivity index is 1.91. The second-order valence-electron chi connectivity index (χ2n) is 8.16. The van der Waals surface area contributed by atoms with Gasteiger partial charge in [-0.2, -0.15) is 0 Å². The fourth-order valence-corrected chi connectivity index (χ4v) is 5.23. The van der Waals surface area contributed by atoms with Gasteiger partial charge < -0.3 is 10.6 Å². The van der Waals surface area contributed by atoms with Crippen molar-refractivity contribution in [3.63, 3.8) is 0 Å². The summed E-state index contributed by atoms with van der Waals surface area (Å²) in [4.78, 5) is 41.0. The van der Waals surface area contributed by atoms with Crippen molar-refractivity contribution in [1.82, 2.24) is 4.90 Å². The molecule has 4 rings (SSSR count). The lowest BCUT2D eigenvalue weighted by Gasteiger charge is -2.28. The van der Waals surface area contributed by atoms with Gasteiger partial charge in [-0.25, -0.2) is 0 Å². The highest BCUT2D eigenvalue weighted by atomic mass is 16.2. The number of hydrogen-bond donors (Lipinski definition) is 2. The Morgan fingerprint density at radius 2 is 1.92 bits per heavy atom. The average molecular weight is 356 g/mol. The molecule has 2 saturated heterocycles. The van der Waals surface area contributed by atoms with Crippen molar-refractivity contribution in [3.8, 4) is 0 Å². The number of nitrogens with two attached hydrogens (primary N) is 1. The van der Waals surface area contributed by atoms with Gasteiger partial charge in [0.1, 0.15) is 11.8 Å². The lowest BCUT2D eigenvalue weighted by atomic mass is 9.76. The van der Waals surface area contributed by atoms with Crippen molar-refractivity contribution in [3.05, 3.63) is 28.8 Å². The SMILES string of the molecule is CC[C@@H](C)N1C(=O)[C@@H]2[C@H](C)[NH2+][C@@]3(C(=O)Nc4c(C)cc(C)cc43)[C@@H]2C1=O. The number of likely N-dealkylation sites (tertiary alicyclic amines) is 1. The predicted octanol–water partition coefficient (Wildman–Crippen LogP) is 0.816. The molecule has 3 heterocycles. The summed E-state index contributed by atoms with van der Waals surface area (Å²) in [7, 11) is 0. The van der Waals surface area contributed by atoms with Crippen molar-refractivity contribution >= 4 is 23.4 Å². The first kappa shape index (κ1) is 17.2. The maximum atomic E-state index is 13.3. The molecule has 3 aliphatic heterocycles. The zero-order valence-electron chi connectivity index (χ0n) is 15.9. The second-order valence-corrected chi connectivity index (χ2v) is 8.16. The number of hydrogen-bond acceptors (Lipinski definition) is 3. The van der Waals surface area contributed by atoms with Crippen LogP contribution in [0, 0.1) is 25.7 Å². The number of nitrogens with one attached hydrogen (secondary N) is 1. The Morgan fingerprint density at radius 3 is 2.58 bits per heavy atom. The Hall–Kier alpha value is -2.21. The smallest absolute Gasteiger partial charge is 0.291 e. The van der Waals surface area contributed by atoms with Crippen molar-refractivity contribution in [2.45, 2.75) is 58.7 Å². The number of anilines is 1. The van der Waals surface area contributed by atoms with E-state index in [-0.39, 0.29) is 29.8 Å². The quantitative estimate of drug-likeness (QED) is 0.770. The minimum absolute atomic E-state index is 0.122. The second kappa shape index (κ2) is 5.39. The number of carbonyl (C=O) groups excluding carboxylic acids is 3. The number of benzene rings is 1. The first-order valence-electron chi connectivity index (χ1n) is 9.40. The molecule has 26 heavy (non-hydrogen) atoms. The van der Waals surface area contributed by atoms with Crippen LogP contribution in [-0.4, -0.2) is 34.7 Å². The molecule has 1 spiro atoms. The Bertz CT molecular complexity index is 849. The molecule has 5 atom stereocenters. The number of quaternary nitrogens is 1. The lowest BCUT2D eigenvalue weighted by Crippen LogP contribution is -2.98. The van der Waals surface area contributed by atoms with Gasteiger partial charge in [-0.1, -0.05) is 18.6 Å². The van der Waals surface area contributed by atoms with Crippen LogP contribution in [0.3, 0.4) is 0 Å². The first-order chi connectivity index (χ1) is 12.2. The fraction of sp³-hybridized carbons (Fsp3) is 0.550.